The number of imidazole rings is 1. The molecule has 146 valence electrons. The largest absolute Gasteiger partial charge is 0.381 e. The lowest BCUT2D eigenvalue weighted by atomic mass is 9.98. The third kappa shape index (κ3) is 4.66. The van der Waals surface area contributed by atoms with E-state index in [9.17, 15) is 0 Å². The Labute approximate surface area is 166 Å². The van der Waals surface area contributed by atoms with Gasteiger partial charge in [0, 0.05) is 62.2 Å². The maximum Gasteiger partial charge on any atom is 0.137 e. The molecule has 28 heavy (non-hydrogen) atoms. The average Bonchev–Trinajstić information content (AvgIpc) is 3.23. The summed E-state index contributed by atoms with van der Waals surface area (Å²) >= 11 is 0. The molecule has 1 aromatic carbocycles. The van der Waals surface area contributed by atoms with Crippen molar-refractivity contribution in [2.24, 2.45) is 5.92 Å². The molecule has 1 aliphatic heterocycles. The minimum atomic E-state index is 0.292. The Bertz CT molecular complexity index is 843. The van der Waals surface area contributed by atoms with E-state index in [-0.39, 0.29) is 0 Å². The van der Waals surface area contributed by atoms with Crippen LogP contribution in [0.25, 0.3) is 11.4 Å². The molecule has 0 saturated carbocycles. The van der Waals surface area contributed by atoms with Gasteiger partial charge in [-0.1, -0.05) is 36.4 Å². The van der Waals surface area contributed by atoms with Crippen molar-refractivity contribution >= 4 is 0 Å². The third-order valence-corrected chi connectivity index (χ3v) is 5.60. The number of H-pyrrole nitrogens is 1. The zero-order chi connectivity index (χ0) is 19.2. The van der Waals surface area contributed by atoms with E-state index < -0.39 is 0 Å². The van der Waals surface area contributed by atoms with E-state index in [2.05, 4.69) is 45.0 Å². The fourth-order valence-electron chi connectivity index (χ4n) is 3.86. The molecule has 1 unspecified atom stereocenters. The molecule has 3 heterocycles. The van der Waals surface area contributed by atoms with Crippen LogP contribution in [0.3, 0.4) is 0 Å². The first-order chi connectivity index (χ1) is 13.8. The van der Waals surface area contributed by atoms with Gasteiger partial charge in [0.05, 0.1) is 0 Å². The smallest absolute Gasteiger partial charge is 0.137 e. The van der Waals surface area contributed by atoms with Gasteiger partial charge in [-0.2, -0.15) is 0 Å². The summed E-state index contributed by atoms with van der Waals surface area (Å²) < 4.78 is 5.55. The van der Waals surface area contributed by atoms with Gasteiger partial charge in [0.1, 0.15) is 5.82 Å². The van der Waals surface area contributed by atoms with Crippen LogP contribution in [0.4, 0.5) is 0 Å². The molecule has 5 heteroatoms. The Morgan fingerprint density at radius 1 is 1.11 bits per heavy atom. The van der Waals surface area contributed by atoms with Crippen molar-refractivity contribution in [2.75, 3.05) is 19.8 Å². The number of aromatic amines is 1. The number of pyridine rings is 1. The molecular formula is C23H28N4O. The second kappa shape index (κ2) is 9.13. The van der Waals surface area contributed by atoms with Gasteiger partial charge in [0.15, 0.2) is 0 Å². The van der Waals surface area contributed by atoms with Gasteiger partial charge < -0.3 is 9.72 Å². The van der Waals surface area contributed by atoms with Crippen LogP contribution in [0, 0.1) is 5.92 Å². The molecule has 0 radical (unpaired) electrons. The van der Waals surface area contributed by atoms with Crippen LogP contribution < -0.4 is 0 Å². The zero-order valence-electron chi connectivity index (χ0n) is 16.4. The van der Waals surface area contributed by atoms with Gasteiger partial charge in [-0.15, -0.1) is 0 Å². The van der Waals surface area contributed by atoms with E-state index in [0.29, 0.717) is 12.0 Å². The molecule has 1 aliphatic rings. The van der Waals surface area contributed by atoms with Crippen molar-refractivity contribution in [2.45, 2.75) is 32.4 Å². The van der Waals surface area contributed by atoms with Gasteiger partial charge in [-0.05, 0) is 37.3 Å². The minimum Gasteiger partial charge on any atom is -0.381 e. The Hall–Kier alpha value is -2.50. The summed E-state index contributed by atoms with van der Waals surface area (Å²) in [6, 6.07) is 14.7. The van der Waals surface area contributed by atoms with E-state index in [0.717, 1.165) is 56.2 Å². The molecule has 1 N–H and O–H groups in total. The number of nitrogens with one attached hydrogen (secondary N) is 1. The highest BCUT2D eigenvalue weighted by atomic mass is 16.5. The molecule has 2 aromatic heterocycles. The van der Waals surface area contributed by atoms with E-state index in [4.69, 9.17) is 4.74 Å². The summed E-state index contributed by atoms with van der Waals surface area (Å²) in [4.78, 5) is 15.0. The van der Waals surface area contributed by atoms with E-state index in [1.807, 2.05) is 42.9 Å². The van der Waals surface area contributed by atoms with Crippen molar-refractivity contribution in [3.8, 4) is 11.4 Å². The Morgan fingerprint density at radius 2 is 1.93 bits per heavy atom. The predicted molar refractivity (Wildman–Crippen MR) is 111 cm³/mol. The second-order valence-corrected chi connectivity index (χ2v) is 7.57. The Balaban J connectivity index is 1.52. The highest BCUT2D eigenvalue weighted by Crippen LogP contribution is 2.26. The zero-order valence-corrected chi connectivity index (χ0v) is 16.4. The first-order valence-electron chi connectivity index (χ1n) is 10.1. The first-order valence-corrected chi connectivity index (χ1v) is 10.1. The summed E-state index contributed by atoms with van der Waals surface area (Å²) in [6.07, 6.45) is 8.04. The lowest BCUT2D eigenvalue weighted by Crippen LogP contribution is -2.34. The summed E-state index contributed by atoms with van der Waals surface area (Å²) in [6.45, 7) is 5.92. The van der Waals surface area contributed by atoms with Crippen LogP contribution in [-0.2, 0) is 11.3 Å². The van der Waals surface area contributed by atoms with Crippen LogP contribution in [0.15, 0.2) is 61.1 Å². The van der Waals surface area contributed by atoms with Gasteiger partial charge in [0.2, 0.25) is 0 Å². The minimum absolute atomic E-state index is 0.292. The number of benzene rings is 1. The van der Waals surface area contributed by atoms with Crippen molar-refractivity contribution < 1.29 is 4.74 Å². The van der Waals surface area contributed by atoms with Crippen molar-refractivity contribution in [3.63, 3.8) is 0 Å². The SMILES string of the molecule is CC(c1cccnc1)N(Cc1cnc(-c2ccccc2)[nH]1)CC1CCOCC1. The molecule has 0 bridgehead atoms. The first kappa shape index (κ1) is 18.8. The molecule has 0 spiro atoms. The summed E-state index contributed by atoms with van der Waals surface area (Å²) in [5, 5.41) is 0. The number of hydrogen-bond acceptors (Lipinski definition) is 4. The van der Waals surface area contributed by atoms with Gasteiger partial charge in [-0.25, -0.2) is 4.98 Å². The standard InChI is InChI=1S/C23H28N4O/c1-18(21-8-5-11-24-14-21)27(16-19-9-12-28-13-10-19)17-22-15-25-23(26-22)20-6-3-2-4-7-20/h2-8,11,14-15,18-19H,9-10,12-13,16-17H2,1H3,(H,25,26). The summed E-state index contributed by atoms with van der Waals surface area (Å²) in [5.74, 6) is 1.60. The van der Waals surface area contributed by atoms with Crippen LogP contribution in [0.5, 0.6) is 0 Å². The monoisotopic (exact) mass is 376 g/mol. The number of rotatable bonds is 7. The number of nitrogens with zero attached hydrogens (tertiary/aromatic N) is 3. The predicted octanol–water partition coefficient (Wildman–Crippen LogP) is 4.46. The van der Waals surface area contributed by atoms with Gasteiger partial charge in [-0.3, -0.25) is 9.88 Å². The van der Waals surface area contributed by atoms with Crippen LogP contribution in [-0.4, -0.2) is 39.6 Å². The topological polar surface area (TPSA) is 54.0 Å². The molecule has 4 rings (SSSR count). The number of aromatic nitrogens is 3. The van der Waals surface area contributed by atoms with Gasteiger partial charge in [0.25, 0.3) is 0 Å². The number of ether oxygens (including phenoxy) is 1. The fourth-order valence-corrected chi connectivity index (χ4v) is 3.86. The number of hydrogen-bond donors (Lipinski definition) is 1. The highest BCUT2D eigenvalue weighted by molar-refractivity contribution is 5.54. The lowest BCUT2D eigenvalue weighted by molar-refractivity contribution is 0.0444. The van der Waals surface area contributed by atoms with Gasteiger partial charge >= 0.3 is 0 Å². The van der Waals surface area contributed by atoms with E-state index in [1.54, 1.807) is 0 Å². The molecule has 5 nitrogen and oxygen atoms in total. The molecule has 0 amide bonds. The molecule has 1 atom stereocenters. The quantitative estimate of drug-likeness (QED) is 0.661. The second-order valence-electron chi connectivity index (χ2n) is 7.57. The summed E-state index contributed by atoms with van der Waals surface area (Å²) in [5.41, 5.74) is 3.50. The lowest BCUT2D eigenvalue weighted by Gasteiger charge is -2.33. The molecular weight excluding hydrogens is 348 g/mol. The third-order valence-electron chi connectivity index (χ3n) is 5.60. The summed E-state index contributed by atoms with van der Waals surface area (Å²) in [7, 11) is 0. The van der Waals surface area contributed by atoms with Crippen molar-refractivity contribution in [1.29, 1.82) is 0 Å². The maximum atomic E-state index is 5.55. The molecule has 0 aliphatic carbocycles. The highest BCUT2D eigenvalue weighted by Gasteiger charge is 2.23. The Kier molecular flexibility index (Phi) is 6.14. The van der Waals surface area contributed by atoms with Crippen molar-refractivity contribution in [3.05, 3.63) is 72.3 Å². The molecule has 1 saturated heterocycles. The van der Waals surface area contributed by atoms with Crippen molar-refractivity contribution in [1.82, 2.24) is 19.9 Å². The van der Waals surface area contributed by atoms with E-state index in [1.165, 1.54) is 5.56 Å². The van der Waals surface area contributed by atoms with Crippen LogP contribution in [0.2, 0.25) is 0 Å². The fraction of sp³-hybridized carbons (Fsp3) is 0.391. The average molecular weight is 377 g/mol. The van der Waals surface area contributed by atoms with Crippen LogP contribution >= 0.6 is 0 Å². The maximum absolute atomic E-state index is 5.55. The normalized spacial score (nSPS) is 16.4. The van der Waals surface area contributed by atoms with Crippen LogP contribution in [0.1, 0.15) is 37.1 Å². The Morgan fingerprint density at radius 3 is 2.68 bits per heavy atom. The molecule has 3 aromatic rings. The van der Waals surface area contributed by atoms with E-state index >= 15 is 0 Å². The molecule has 1 fully saturated rings.